The number of carboxylic acid groups (broad SMARTS) is 1. The molecule has 0 aromatic heterocycles. The van der Waals surface area contributed by atoms with E-state index in [-0.39, 0.29) is 5.92 Å². The minimum atomic E-state index is -0.709. The van der Waals surface area contributed by atoms with Crippen molar-refractivity contribution in [2.45, 2.75) is 36.5 Å². The van der Waals surface area contributed by atoms with E-state index in [4.69, 9.17) is 10.8 Å². The zero-order chi connectivity index (χ0) is 9.47. The first-order valence-electron chi connectivity index (χ1n) is 4.78. The highest BCUT2D eigenvalue weighted by Crippen LogP contribution is 2.46. The van der Waals surface area contributed by atoms with E-state index in [0.717, 1.165) is 19.3 Å². The summed E-state index contributed by atoms with van der Waals surface area (Å²) in [6, 6.07) is 0. The average molecular weight is 201 g/mol. The molecular weight excluding hydrogens is 186 g/mol. The Bertz CT molecular complexity index is 234. The number of carbonyl (C=O) groups is 1. The van der Waals surface area contributed by atoms with Crippen molar-refractivity contribution in [3.63, 3.8) is 0 Å². The predicted molar refractivity (Wildman–Crippen MR) is 52.8 cm³/mol. The van der Waals surface area contributed by atoms with Gasteiger partial charge in [-0.2, -0.15) is 11.8 Å². The molecule has 2 fully saturated rings. The second-order valence-electron chi connectivity index (χ2n) is 4.07. The molecule has 0 aromatic rings. The molecule has 1 aliphatic carbocycles. The molecule has 0 amide bonds. The van der Waals surface area contributed by atoms with E-state index in [1.807, 2.05) is 0 Å². The highest BCUT2D eigenvalue weighted by atomic mass is 32.2. The van der Waals surface area contributed by atoms with E-state index in [9.17, 15) is 4.79 Å². The van der Waals surface area contributed by atoms with Gasteiger partial charge < -0.3 is 10.8 Å². The summed E-state index contributed by atoms with van der Waals surface area (Å²) < 4.78 is 0. The largest absolute Gasteiger partial charge is 0.481 e. The van der Waals surface area contributed by atoms with Crippen molar-refractivity contribution in [1.29, 1.82) is 0 Å². The van der Waals surface area contributed by atoms with Crippen LogP contribution in [0.5, 0.6) is 0 Å². The first-order valence-corrected chi connectivity index (χ1v) is 5.83. The van der Waals surface area contributed by atoms with Gasteiger partial charge in [0.05, 0.1) is 5.92 Å². The molecule has 3 N–H and O–H groups in total. The van der Waals surface area contributed by atoms with Gasteiger partial charge in [0.15, 0.2) is 0 Å². The van der Waals surface area contributed by atoms with Crippen molar-refractivity contribution >= 4 is 17.7 Å². The van der Waals surface area contributed by atoms with Crippen LogP contribution >= 0.6 is 11.8 Å². The second kappa shape index (κ2) is 3.17. The molecular formula is C9H15NO2S. The summed E-state index contributed by atoms with van der Waals surface area (Å²) >= 11 is 1.76. The van der Waals surface area contributed by atoms with Crippen LogP contribution in [-0.4, -0.2) is 27.6 Å². The lowest BCUT2D eigenvalue weighted by atomic mass is 9.74. The fraction of sp³-hybridized carbons (Fsp3) is 0.889. The van der Waals surface area contributed by atoms with Gasteiger partial charge in [0.25, 0.3) is 0 Å². The number of carboxylic acids is 1. The van der Waals surface area contributed by atoms with Crippen LogP contribution in [0, 0.1) is 5.92 Å². The molecule has 0 radical (unpaired) electrons. The molecule has 1 saturated heterocycles. The number of nitrogens with two attached hydrogens (primary N) is 1. The molecule has 3 atom stereocenters. The molecule has 3 unspecified atom stereocenters. The fourth-order valence-corrected chi connectivity index (χ4v) is 4.30. The maximum absolute atomic E-state index is 11.0. The maximum Gasteiger partial charge on any atom is 0.309 e. The standard InChI is InChI=1S/C9H15NO2S/c10-9-4-2-1-3-7(9)13-5-6(9)8(11)12/h6-7H,1-5,10H2,(H,11,12). The van der Waals surface area contributed by atoms with Crippen LogP contribution in [0.1, 0.15) is 25.7 Å². The van der Waals surface area contributed by atoms with Gasteiger partial charge in [0, 0.05) is 16.5 Å². The summed E-state index contributed by atoms with van der Waals surface area (Å²) in [5.41, 5.74) is 5.80. The minimum absolute atomic E-state index is 0.317. The number of aliphatic carboxylic acids is 1. The van der Waals surface area contributed by atoms with Crippen molar-refractivity contribution in [2.75, 3.05) is 5.75 Å². The lowest BCUT2D eigenvalue weighted by molar-refractivity contribution is -0.143. The van der Waals surface area contributed by atoms with Crippen LogP contribution in [-0.2, 0) is 4.79 Å². The Balaban J connectivity index is 2.20. The summed E-state index contributed by atoms with van der Waals surface area (Å²) in [6.07, 6.45) is 4.30. The van der Waals surface area contributed by atoms with E-state index in [1.165, 1.54) is 6.42 Å². The Morgan fingerprint density at radius 2 is 2.31 bits per heavy atom. The quantitative estimate of drug-likeness (QED) is 0.666. The topological polar surface area (TPSA) is 63.3 Å². The zero-order valence-electron chi connectivity index (χ0n) is 7.53. The number of hydrogen-bond donors (Lipinski definition) is 2. The smallest absolute Gasteiger partial charge is 0.309 e. The third kappa shape index (κ3) is 1.36. The second-order valence-corrected chi connectivity index (χ2v) is 5.31. The van der Waals surface area contributed by atoms with E-state index >= 15 is 0 Å². The minimum Gasteiger partial charge on any atom is -0.481 e. The molecule has 1 saturated carbocycles. The van der Waals surface area contributed by atoms with Crippen LogP contribution in [0.2, 0.25) is 0 Å². The normalized spacial score (nSPS) is 44.4. The highest BCUT2D eigenvalue weighted by molar-refractivity contribution is 8.00. The summed E-state index contributed by atoms with van der Waals surface area (Å²) in [6.45, 7) is 0. The van der Waals surface area contributed by atoms with Crippen LogP contribution < -0.4 is 5.73 Å². The molecule has 1 aliphatic heterocycles. The predicted octanol–water partition coefficient (Wildman–Crippen LogP) is 1.07. The SMILES string of the molecule is NC12CCCCC1SCC2C(=O)O. The lowest BCUT2D eigenvalue weighted by Crippen LogP contribution is -2.55. The van der Waals surface area contributed by atoms with Gasteiger partial charge >= 0.3 is 5.97 Å². The number of fused-ring (bicyclic) bond motifs is 1. The van der Waals surface area contributed by atoms with Gasteiger partial charge in [-0.05, 0) is 12.8 Å². The van der Waals surface area contributed by atoms with E-state index in [1.54, 1.807) is 11.8 Å². The molecule has 13 heavy (non-hydrogen) atoms. The van der Waals surface area contributed by atoms with E-state index < -0.39 is 11.5 Å². The van der Waals surface area contributed by atoms with Crippen molar-refractivity contribution in [3.8, 4) is 0 Å². The van der Waals surface area contributed by atoms with Crippen LogP contribution in [0.15, 0.2) is 0 Å². The van der Waals surface area contributed by atoms with Crippen LogP contribution in [0.25, 0.3) is 0 Å². The maximum atomic E-state index is 11.0. The number of thioether (sulfide) groups is 1. The molecule has 1 heterocycles. The molecule has 0 aromatic carbocycles. The van der Waals surface area contributed by atoms with Gasteiger partial charge in [0.1, 0.15) is 0 Å². The lowest BCUT2D eigenvalue weighted by Gasteiger charge is -2.37. The van der Waals surface area contributed by atoms with Crippen molar-refractivity contribution in [3.05, 3.63) is 0 Å². The van der Waals surface area contributed by atoms with Gasteiger partial charge in [0.2, 0.25) is 0 Å². The van der Waals surface area contributed by atoms with Gasteiger partial charge in [-0.25, -0.2) is 0 Å². The summed E-state index contributed by atoms with van der Waals surface area (Å²) in [4.78, 5) is 11.0. The van der Waals surface area contributed by atoms with Crippen LogP contribution in [0.4, 0.5) is 0 Å². The first-order chi connectivity index (χ1) is 6.14. The Labute approximate surface area is 82.1 Å². The molecule has 2 aliphatic rings. The third-order valence-corrected chi connectivity index (χ3v) is 4.94. The summed E-state index contributed by atoms with van der Waals surface area (Å²) in [5.74, 6) is -0.321. The monoisotopic (exact) mass is 201 g/mol. The number of rotatable bonds is 1. The fourth-order valence-electron chi connectivity index (χ4n) is 2.50. The molecule has 74 valence electrons. The van der Waals surface area contributed by atoms with Crippen molar-refractivity contribution in [2.24, 2.45) is 11.7 Å². The molecule has 0 spiro atoms. The number of hydrogen-bond acceptors (Lipinski definition) is 3. The third-order valence-electron chi connectivity index (χ3n) is 3.34. The van der Waals surface area contributed by atoms with Gasteiger partial charge in [-0.3, -0.25) is 4.79 Å². The Kier molecular flexibility index (Phi) is 2.28. The molecule has 3 nitrogen and oxygen atoms in total. The Hall–Kier alpha value is -0.220. The van der Waals surface area contributed by atoms with E-state index in [2.05, 4.69) is 0 Å². The zero-order valence-corrected chi connectivity index (χ0v) is 8.35. The van der Waals surface area contributed by atoms with Crippen LogP contribution in [0.3, 0.4) is 0 Å². The Morgan fingerprint density at radius 3 is 3.00 bits per heavy atom. The van der Waals surface area contributed by atoms with Gasteiger partial charge in [-0.15, -0.1) is 0 Å². The summed E-state index contributed by atoms with van der Waals surface area (Å²) in [7, 11) is 0. The van der Waals surface area contributed by atoms with Crippen molar-refractivity contribution < 1.29 is 9.90 Å². The average Bonchev–Trinajstić information content (AvgIpc) is 2.41. The summed E-state index contributed by atoms with van der Waals surface area (Å²) in [5, 5.41) is 9.42. The Morgan fingerprint density at radius 1 is 1.54 bits per heavy atom. The highest BCUT2D eigenvalue weighted by Gasteiger charge is 2.52. The first kappa shape index (κ1) is 9.34. The molecule has 2 rings (SSSR count). The van der Waals surface area contributed by atoms with Crippen molar-refractivity contribution in [1.82, 2.24) is 0 Å². The molecule has 4 heteroatoms. The van der Waals surface area contributed by atoms with Gasteiger partial charge in [-0.1, -0.05) is 12.8 Å². The van der Waals surface area contributed by atoms with E-state index in [0.29, 0.717) is 11.0 Å². The molecule has 0 bridgehead atoms.